The Morgan fingerprint density at radius 1 is 1.22 bits per heavy atom. The molecule has 0 saturated carbocycles. The summed E-state index contributed by atoms with van der Waals surface area (Å²) < 4.78 is 15.8. The van der Waals surface area contributed by atoms with Crippen molar-refractivity contribution in [2.24, 2.45) is 5.92 Å². The van der Waals surface area contributed by atoms with Gasteiger partial charge in [-0.05, 0) is 19.1 Å². The Kier molecular flexibility index (Phi) is 6.94. The first kappa shape index (κ1) is 18.4. The number of hydrogen-bond donors (Lipinski definition) is 0. The summed E-state index contributed by atoms with van der Waals surface area (Å²) in [5.41, 5.74) is 0.695. The molecule has 0 heterocycles. The number of hydrogen-bond acceptors (Lipinski definition) is 5. The molecule has 1 aromatic carbocycles. The molecule has 0 fully saturated rings. The van der Waals surface area contributed by atoms with Crippen molar-refractivity contribution in [1.29, 1.82) is 5.26 Å². The van der Waals surface area contributed by atoms with Crippen molar-refractivity contribution in [1.82, 2.24) is 4.90 Å². The first-order chi connectivity index (χ1) is 11.0. The third-order valence-electron chi connectivity index (χ3n) is 3.29. The monoisotopic (exact) mass is 318 g/mol. The summed E-state index contributed by atoms with van der Waals surface area (Å²) in [4.78, 5) is 13.6. The van der Waals surface area contributed by atoms with E-state index in [1.807, 2.05) is 0 Å². The van der Waals surface area contributed by atoms with Crippen LogP contribution in [0.4, 0.5) is 0 Å². The van der Waals surface area contributed by atoms with Crippen LogP contribution in [0, 0.1) is 17.2 Å². The number of carbonyl (C=O) groups is 1. The molecule has 0 radical (unpaired) electrons. The third-order valence-corrected chi connectivity index (χ3v) is 3.29. The molecule has 0 aliphatic rings. The number of benzene rings is 1. The van der Waals surface area contributed by atoms with Gasteiger partial charge in [-0.3, -0.25) is 4.79 Å². The summed E-state index contributed by atoms with van der Waals surface area (Å²) in [5.74, 6) is 1.26. The van der Waals surface area contributed by atoms with Gasteiger partial charge in [-0.2, -0.15) is 5.26 Å². The van der Waals surface area contributed by atoms with Gasteiger partial charge in [0.1, 0.15) is 5.75 Å². The van der Waals surface area contributed by atoms with E-state index in [-0.39, 0.29) is 11.8 Å². The standard InChI is InChI=1S/C17H22N2O4/c1-12(10-18)11-19(2)17(20)7-6-13-8-15(22-4)16(23-5)9-14(13)21-3/h6-9,12H,11H2,1-5H3/b7-6+/t12-/m1/s1. The first-order valence-electron chi connectivity index (χ1n) is 7.09. The molecule has 0 saturated heterocycles. The highest BCUT2D eigenvalue weighted by Gasteiger charge is 2.12. The quantitative estimate of drug-likeness (QED) is 0.722. The minimum absolute atomic E-state index is 0.191. The molecule has 6 heteroatoms. The van der Waals surface area contributed by atoms with Crippen molar-refractivity contribution >= 4 is 12.0 Å². The van der Waals surface area contributed by atoms with Crippen molar-refractivity contribution in [2.75, 3.05) is 34.9 Å². The average Bonchev–Trinajstić information content (AvgIpc) is 2.58. The van der Waals surface area contributed by atoms with Crippen LogP contribution in [0.25, 0.3) is 6.08 Å². The number of nitriles is 1. The van der Waals surface area contributed by atoms with E-state index in [9.17, 15) is 4.79 Å². The van der Waals surface area contributed by atoms with Gasteiger partial charge >= 0.3 is 0 Å². The Hall–Kier alpha value is -2.68. The molecular weight excluding hydrogens is 296 g/mol. The van der Waals surface area contributed by atoms with Gasteiger partial charge in [0.25, 0.3) is 0 Å². The maximum Gasteiger partial charge on any atom is 0.246 e. The third kappa shape index (κ3) is 4.92. The highest BCUT2D eigenvalue weighted by Crippen LogP contribution is 2.35. The van der Waals surface area contributed by atoms with E-state index in [0.717, 1.165) is 0 Å². The van der Waals surface area contributed by atoms with Gasteiger partial charge in [-0.15, -0.1) is 0 Å². The molecule has 1 aromatic rings. The Morgan fingerprint density at radius 2 is 1.78 bits per heavy atom. The maximum atomic E-state index is 12.1. The summed E-state index contributed by atoms with van der Waals surface area (Å²) in [6.07, 6.45) is 3.09. The topological polar surface area (TPSA) is 71.8 Å². The second kappa shape index (κ2) is 8.69. The fourth-order valence-electron chi connectivity index (χ4n) is 2.01. The second-order valence-corrected chi connectivity index (χ2v) is 5.03. The molecule has 0 aliphatic heterocycles. The van der Waals surface area contributed by atoms with E-state index in [0.29, 0.717) is 29.4 Å². The summed E-state index contributed by atoms with van der Waals surface area (Å²) in [7, 11) is 6.29. The van der Waals surface area contributed by atoms with E-state index in [1.165, 1.54) is 11.0 Å². The highest BCUT2D eigenvalue weighted by molar-refractivity contribution is 5.92. The van der Waals surface area contributed by atoms with E-state index >= 15 is 0 Å². The Labute approximate surface area is 136 Å². The lowest BCUT2D eigenvalue weighted by molar-refractivity contribution is -0.125. The normalized spacial score (nSPS) is 11.7. The molecule has 6 nitrogen and oxygen atoms in total. The van der Waals surface area contributed by atoms with Gasteiger partial charge in [0.15, 0.2) is 11.5 Å². The number of amides is 1. The lowest BCUT2D eigenvalue weighted by Crippen LogP contribution is -2.29. The average molecular weight is 318 g/mol. The van der Waals surface area contributed by atoms with Crippen molar-refractivity contribution < 1.29 is 19.0 Å². The molecule has 0 N–H and O–H groups in total. The van der Waals surface area contributed by atoms with Crippen molar-refractivity contribution in [3.63, 3.8) is 0 Å². The summed E-state index contributed by atoms with van der Waals surface area (Å²) in [5, 5.41) is 8.80. The smallest absolute Gasteiger partial charge is 0.246 e. The van der Waals surface area contributed by atoms with Crippen LogP contribution < -0.4 is 14.2 Å². The summed E-state index contributed by atoms with van der Waals surface area (Å²) >= 11 is 0. The number of nitrogens with zero attached hydrogens (tertiary/aromatic N) is 2. The fraction of sp³-hybridized carbons (Fsp3) is 0.412. The van der Waals surface area contributed by atoms with Crippen LogP contribution in [0.5, 0.6) is 17.2 Å². The SMILES string of the molecule is COc1cc(OC)c(OC)cc1/C=C/C(=O)N(C)C[C@H](C)C#N. The molecule has 0 spiro atoms. The summed E-state index contributed by atoms with van der Waals surface area (Å²) in [6.45, 7) is 2.15. The molecule has 0 unspecified atom stereocenters. The Bertz CT molecular complexity index is 620. The predicted octanol–water partition coefficient (Wildman–Crippen LogP) is 2.34. The van der Waals surface area contributed by atoms with Crippen LogP contribution in [-0.2, 0) is 4.79 Å². The van der Waals surface area contributed by atoms with Crippen LogP contribution in [0.1, 0.15) is 12.5 Å². The molecule has 0 bridgehead atoms. The van der Waals surface area contributed by atoms with Crippen LogP contribution in [0.3, 0.4) is 0 Å². The molecule has 0 aliphatic carbocycles. The second-order valence-electron chi connectivity index (χ2n) is 5.03. The molecule has 23 heavy (non-hydrogen) atoms. The zero-order valence-electron chi connectivity index (χ0n) is 14.1. The lowest BCUT2D eigenvalue weighted by atomic mass is 10.1. The van der Waals surface area contributed by atoms with Crippen molar-refractivity contribution in [2.45, 2.75) is 6.92 Å². The molecule has 1 amide bonds. The van der Waals surface area contributed by atoms with Gasteiger partial charge in [0, 0.05) is 31.3 Å². The van der Waals surface area contributed by atoms with Crippen LogP contribution in [0.15, 0.2) is 18.2 Å². The zero-order chi connectivity index (χ0) is 17.4. The van der Waals surface area contributed by atoms with Crippen LogP contribution in [0.2, 0.25) is 0 Å². The van der Waals surface area contributed by atoms with Crippen molar-refractivity contribution in [3.05, 3.63) is 23.8 Å². The Morgan fingerprint density at radius 3 is 2.30 bits per heavy atom. The van der Waals surface area contributed by atoms with Crippen LogP contribution in [-0.4, -0.2) is 45.7 Å². The first-order valence-corrected chi connectivity index (χ1v) is 7.09. The number of ether oxygens (including phenoxy) is 3. The predicted molar refractivity (Wildman–Crippen MR) is 87.5 cm³/mol. The minimum Gasteiger partial charge on any atom is -0.496 e. The fourth-order valence-corrected chi connectivity index (χ4v) is 2.01. The van der Waals surface area contributed by atoms with Gasteiger partial charge < -0.3 is 19.1 Å². The van der Waals surface area contributed by atoms with E-state index < -0.39 is 0 Å². The van der Waals surface area contributed by atoms with Crippen LogP contribution >= 0.6 is 0 Å². The van der Waals surface area contributed by atoms with E-state index in [2.05, 4.69) is 6.07 Å². The largest absolute Gasteiger partial charge is 0.496 e. The van der Waals surface area contributed by atoms with E-state index in [1.54, 1.807) is 53.5 Å². The minimum atomic E-state index is -0.215. The number of likely N-dealkylation sites (N-methyl/N-ethyl adjacent to an activating group) is 1. The highest BCUT2D eigenvalue weighted by atomic mass is 16.5. The Balaban J connectivity index is 2.99. The molecule has 1 atom stereocenters. The van der Waals surface area contributed by atoms with Gasteiger partial charge in [-0.25, -0.2) is 0 Å². The molecule has 1 rings (SSSR count). The summed E-state index contributed by atoms with van der Waals surface area (Å²) in [6, 6.07) is 5.54. The lowest BCUT2D eigenvalue weighted by Gasteiger charge is -2.16. The van der Waals surface area contributed by atoms with Crippen molar-refractivity contribution in [3.8, 4) is 23.3 Å². The zero-order valence-corrected chi connectivity index (χ0v) is 14.1. The van der Waals surface area contributed by atoms with E-state index in [4.69, 9.17) is 19.5 Å². The van der Waals surface area contributed by atoms with Gasteiger partial charge in [-0.1, -0.05) is 0 Å². The molecule has 0 aromatic heterocycles. The number of methoxy groups -OCH3 is 3. The number of rotatable bonds is 7. The molecular formula is C17H22N2O4. The van der Waals surface area contributed by atoms with Gasteiger partial charge in [0.2, 0.25) is 5.91 Å². The maximum absolute atomic E-state index is 12.1. The number of carbonyl (C=O) groups excluding carboxylic acids is 1. The molecule has 124 valence electrons. The van der Waals surface area contributed by atoms with Gasteiger partial charge in [0.05, 0.1) is 33.3 Å².